The number of rotatable bonds is 8. The van der Waals surface area contributed by atoms with Gasteiger partial charge in [0.05, 0.1) is 6.26 Å². The third-order valence-corrected chi connectivity index (χ3v) is 3.30. The Morgan fingerprint density at radius 1 is 1.09 bits per heavy atom. The molecule has 0 fully saturated rings. The maximum absolute atomic E-state index is 11.8. The molecule has 0 heterocycles. The van der Waals surface area contributed by atoms with E-state index in [0.29, 0.717) is 17.8 Å². The molecule has 3 N–H and O–H groups in total. The van der Waals surface area contributed by atoms with Crippen LogP contribution in [-0.2, 0) is 14.8 Å². The van der Waals surface area contributed by atoms with Crippen molar-refractivity contribution in [2.75, 3.05) is 29.9 Å². The van der Waals surface area contributed by atoms with Crippen LogP contribution in [-0.4, -0.2) is 45.5 Å². The van der Waals surface area contributed by atoms with Gasteiger partial charge in [-0.25, -0.2) is 8.42 Å². The van der Waals surface area contributed by atoms with Crippen LogP contribution in [0.4, 0.5) is 5.69 Å². The minimum atomic E-state index is -3.34. The van der Waals surface area contributed by atoms with Crippen molar-refractivity contribution in [1.29, 1.82) is 0 Å². The molecule has 122 valence electrons. The summed E-state index contributed by atoms with van der Waals surface area (Å²) in [6, 6.07) is 6.01. The van der Waals surface area contributed by atoms with E-state index in [9.17, 15) is 18.0 Å². The number of alkyl halides is 1. The van der Waals surface area contributed by atoms with Crippen LogP contribution in [0.2, 0.25) is 0 Å². The van der Waals surface area contributed by atoms with Crippen molar-refractivity contribution in [3.05, 3.63) is 29.8 Å². The number of hydrogen-bond acceptors (Lipinski definition) is 4. The lowest BCUT2D eigenvalue weighted by molar-refractivity contribution is -0.120. The van der Waals surface area contributed by atoms with Gasteiger partial charge in [0.2, 0.25) is 15.9 Å². The number of carbonyl (C=O) groups is 2. The number of anilines is 1. The van der Waals surface area contributed by atoms with Crippen LogP contribution < -0.4 is 15.4 Å². The first-order chi connectivity index (χ1) is 10.3. The third-order valence-electron chi connectivity index (χ3n) is 2.50. The quantitative estimate of drug-likeness (QED) is 0.471. The fourth-order valence-electron chi connectivity index (χ4n) is 1.56. The number of nitrogens with one attached hydrogen (secondary N) is 3. The topological polar surface area (TPSA) is 104 Å². The van der Waals surface area contributed by atoms with E-state index in [2.05, 4.69) is 15.4 Å². The van der Waals surface area contributed by atoms with Gasteiger partial charge in [-0.2, -0.15) is 0 Å². The lowest BCUT2D eigenvalue weighted by atomic mass is 10.2. The maximum Gasteiger partial charge on any atom is 0.251 e. The zero-order chi connectivity index (χ0) is 16.6. The summed E-state index contributed by atoms with van der Waals surface area (Å²) in [4.78, 5) is 23.0. The van der Waals surface area contributed by atoms with Gasteiger partial charge >= 0.3 is 0 Å². The number of carbonyl (C=O) groups excluding carboxylic acids is 2. The Hall–Kier alpha value is -1.80. The molecule has 9 heteroatoms. The van der Waals surface area contributed by atoms with Crippen molar-refractivity contribution in [3.8, 4) is 0 Å². The second kappa shape index (κ2) is 8.60. The molecule has 0 saturated carbocycles. The molecule has 0 radical (unpaired) electrons. The number of benzene rings is 1. The van der Waals surface area contributed by atoms with E-state index in [-0.39, 0.29) is 30.7 Å². The number of halogens is 1. The Morgan fingerprint density at radius 3 is 2.23 bits per heavy atom. The number of amides is 2. The molecule has 0 saturated heterocycles. The van der Waals surface area contributed by atoms with Crippen molar-refractivity contribution in [1.82, 2.24) is 10.6 Å². The van der Waals surface area contributed by atoms with Crippen molar-refractivity contribution >= 4 is 39.1 Å². The van der Waals surface area contributed by atoms with E-state index in [0.717, 1.165) is 6.26 Å². The molecule has 1 aromatic carbocycles. The van der Waals surface area contributed by atoms with Crippen LogP contribution in [0.3, 0.4) is 0 Å². The molecule has 1 rings (SSSR count). The molecule has 1 aromatic rings. The van der Waals surface area contributed by atoms with Crippen LogP contribution in [0.1, 0.15) is 16.8 Å². The zero-order valence-electron chi connectivity index (χ0n) is 12.1. The molecule has 0 aliphatic heterocycles. The van der Waals surface area contributed by atoms with Crippen LogP contribution in [0, 0.1) is 0 Å². The highest BCUT2D eigenvalue weighted by Gasteiger charge is 2.07. The molecule has 0 aromatic heterocycles. The van der Waals surface area contributed by atoms with Gasteiger partial charge < -0.3 is 10.6 Å². The van der Waals surface area contributed by atoms with Crippen LogP contribution >= 0.6 is 11.6 Å². The van der Waals surface area contributed by atoms with Gasteiger partial charge in [-0.05, 0) is 24.3 Å². The summed E-state index contributed by atoms with van der Waals surface area (Å²) in [7, 11) is -3.34. The Kier molecular flexibility index (Phi) is 7.13. The van der Waals surface area contributed by atoms with E-state index >= 15 is 0 Å². The monoisotopic (exact) mass is 347 g/mol. The highest BCUT2D eigenvalue weighted by Crippen LogP contribution is 2.10. The Morgan fingerprint density at radius 2 is 1.68 bits per heavy atom. The molecule has 0 unspecified atom stereocenters. The van der Waals surface area contributed by atoms with Crippen molar-refractivity contribution in [2.45, 2.75) is 6.42 Å². The van der Waals surface area contributed by atoms with Crippen LogP contribution in [0.25, 0.3) is 0 Å². The van der Waals surface area contributed by atoms with Gasteiger partial charge in [0.15, 0.2) is 0 Å². The average molecular weight is 348 g/mol. The maximum atomic E-state index is 11.8. The Balaban J connectivity index is 2.41. The lowest BCUT2D eigenvalue weighted by Gasteiger charge is -2.08. The van der Waals surface area contributed by atoms with Crippen LogP contribution in [0.15, 0.2) is 24.3 Å². The molecule has 7 nitrogen and oxygen atoms in total. The summed E-state index contributed by atoms with van der Waals surface area (Å²) in [5.41, 5.74) is 0.776. The predicted molar refractivity (Wildman–Crippen MR) is 85.6 cm³/mol. The lowest BCUT2D eigenvalue weighted by Crippen LogP contribution is -2.34. The van der Waals surface area contributed by atoms with Gasteiger partial charge in [-0.3, -0.25) is 14.3 Å². The van der Waals surface area contributed by atoms with Gasteiger partial charge in [0.25, 0.3) is 5.91 Å². The molecule has 0 spiro atoms. The van der Waals surface area contributed by atoms with Gasteiger partial charge in [-0.1, -0.05) is 0 Å². The SMILES string of the molecule is CS(=O)(=O)Nc1ccc(C(=O)NCCNC(=O)CCCl)cc1. The largest absolute Gasteiger partial charge is 0.354 e. The molecule has 0 aliphatic carbocycles. The van der Waals surface area contributed by atoms with E-state index in [1.807, 2.05) is 0 Å². The van der Waals surface area contributed by atoms with Gasteiger partial charge in [-0.15, -0.1) is 11.6 Å². The first kappa shape index (κ1) is 18.2. The summed E-state index contributed by atoms with van der Waals surface area (Å²) in [6.07, 6.45) is 1.29. The molecule has 0 aliphatic rings. The molecular formula is C13H18ClN3O4S. The summed E-state index contributed by atoms with van der Waals surface area (Å²) in [5.74, 6) is -0.218. The van der Waals surface area contributed by atoms with E-state index < -0.39 is 10.0 Å². The third kappa shape index (κ3) is 7.28. The van der Waals surface area contributed by atoms with Crippen molar-refractivity contribution < 1.29 is 18.0 Å². The summed E-state index contributed by atoms with van der Waals surface area (Å²) < 4.78 is 24.4. The second-order valence-electron chi connectivity index (χ2n) is 4.50. The zero-order valence-corrected chi connectivity index (χ0v) is 13.6. The molecule has 0 atom stereocenters. The summed E-state index contributed by atoms with van der Waals surface area (Å²) >= 11 is 5.42. The summed E-state index contributed by atoms with van der Waals surface area (Å²) in [5, 5.41) is 5.25. The summed E-state index contributed by atoms with van der Waals surface area (Å²) in [6.45, 7) is 0.603. The van der Waals surface area contributed by atoms with Crippen LogP contribution in [0.5, 0.6) is 0 Å². The highest BCUT2D eigenvalue weighted by atomic mass is 35.5. The van der Waals surface area contributed by atoms with E-state index in [1.54, 1.807) is 0 Å². The average Bonchev–Trinajstić information content (AvgIpc) is 2.43. The number of hydrogen-bond donors (Lipinski definition) is 3. The second-order valence-corrected chi connectivity index (χ2v) is 6.62. The molecular weight excluding hydrogens is 330 g/mol. The van der Waals surface area contributed by atoms with E-state index in [1.165, 1.54) is 24.3 Å². The normalized spacial score (nSPS) is 10.8. The van der Waals surface area contributed by atoms with Gasteiger partial charge in [0, 0.05) is 36.6 Å². The molecule has 2 amide bonds. The Labute approximate surface area is 134 Å². The smallest absolute Gasteiger partial charge is 0.251 e. The van der Waals surface area contributed by atoms with E-state index in [4.69, 9.17) is 11.6 Å². The molecule has 0 bridgehead atoms. The number of sulfonamides is 1. The van der Waals surface area contributed by atoms with Gasteiger partial charge in [0.1, 0.15) is 0 Å². The first-order valence-corrected chi connectivity index (χ1v) is 8.93. The highest BCUT2D eigenvalue weighted by molar-refractivity contribution is 7.92. The van der Waals surface area contributed by atoms with Crippen molar-refractivity contribution in [2.24, 2.45) is 0 Å². The minimum Gasteiger partial charge on any atom is -0.354 e. The minimum absolute atomic E-state index is 0.166. The fourth-order valence-corrected chi connectivity index (χ4v) is 2.29. The predicted octanol–water partition coefficient (Wildman–Crippen LogP) is 0.533. The first-order valence-electron chi connectivity index (χ1n) is 6.50. The standard InChI is InChI=1S/C13H18ClN3O4S/c1-22(20,21)17-11-4-2-10(3-5-11)13(19)16-9-8-15-12(18)6-7-14/h2-5,17H,6-9H2,1H3,(H,15,18)(H,16,19). The fraction of sp³-hybridized carbons (Fsp3) is 0.385. The Bertz CT molecular complexity index is 617. The van der Waals surface area contributed by atoms with Crippen molar-refractivity contribution in [3.63, 3.8) is 0 Å². The molecule has 22 heavy (non-hydrogen) atoms.